The molecule has 1 fully saturated rings. The summed E-state index contributed by atoms with van der Waals surface area (Å²) in [6.45, 7) is 0.0843. The first-order chi connectivity index (χ1) is 11.6. The Morgan fingerprint density at radius 2 is 1.96 bits per heavy atom. The number of fused-ring (bicyclic) bond motifs is 1. The Balaban J connectivity index is 1.73. The van der Waals surface area contributed by atoms with Crippen LogP contribution >= 0.6 is 11.3 Å². The number of rotatable bonds is 2. The largest absolute Gasteiger partial charge is 0.454 e. The number of hydrogen-bond acceptors (Lipinski definition) is 6. The van der Waals surface area contributed by atoms with E-state index in [1.165, 1.54) is 23.5 Å². The summed E-state index contributed by atoms with van der Waals surface area (Å²) in [7, 11) is 0. The zero-order valence-corrected chi connectivity index (χ0v) is 13.0. The van der Waals surface area contributed by atoms with Gasteiger partial charge in [0.15, 0.2) is 11.5 Å². The average Bonchev–Trinajstić information content (AvgIpc) is 3.22. The predicted molar refractivity (Wildman–Crippen MR) is 85.9 cm³/mol. The highest BCUT2D eigenvalue weighted by Crippen LogP contribution is 2.36. The highest BCUT2D eigenvalue weighted by Gasteiger charge is 2.37. The Morgan fingerprint density at radius 3 is 2.75 bits per heavy atom. The molecule has 4 rings (SSSR count). The lowest BCUT2D eigenvalue weighted by molar-refractivity contribution is -0.122. The van der Waals surface area contributed by atoms with Crippen molar-refractivity contribution in [3.63, 3.8) is 0 Å². The smallest absolute Gasteiger partial charge is 0.335 e. The Morgan fingerprint density at radius 1 is 1.12 bits per heavy atom. The topological polar surface area (TPSA) is 84.9 Å². The maximum atomic E-state index is 12.7. The van der Waals surface area contributed by atoms with Gasteiger partial charge in [-0.1, -0.05) is 6.07 Å². The third-order valence-electron chi connectivity index (χ3n) is 3.55. The lowest BCUT2D eigenvalue weighted by Gasteiger charge is -2.26. The fourth-order valence-electron chi connectivity index (χ4n) is 2.43. The maximum Gasteiger partial charge on any atom is 0.335 e. The standard InChI is InChI=1S/C16H10N2O5S/c19-14-11(7-10-2-1-5-24-10)15(20)18(16(21)17-14)9-3-4-12-13(6-9)23-8-22-12/h1-7H,8H2,(H,17,19,21)/b11-7+. The molecule has 2 aromatic rings. The van der Waals surface area contributed by atoms with Crippen molar-refractivity contribution in [1.82, 2.24) is 5.32 Å². The number of nitrogens with zero attached hydrogens (tertiary/aromatic N) is 1. The molecular formula is C16H10N2O5S. The summed E-state index contributed by atoms with van der Waals surface area (Å²) < 4.78 is 10.5. The lowest BCUT2D eigenvalue weighted by Crippen LogP contribution is -2.54. The van der Waals surface area contributed by atoms with E-state index < -0.39 is 17.8 Å². The molecule has 1 aromatic carbocycles. The number of benzene rings is 1. The summed E-state index contributed by atoms with van der Waals surface area (Å²) in [6, 6.07) is 7.48. The first-order valence-corrected chi connectivity index (χ1v) is 7.86. The number of nitrogens with one attached hydrogen (secondary N) is 1. The van der Waals surface area contributed by atoms with Crippen LogP contribution in [-0.4, -0.2) is 24.6 Å². The van der Waals surface area contributed by atoms with Gasteiger partial charge in [-0.25, -0.2) is 9.69 Å². The number of anilines is 1. The van der Waals surface area contributed by atoms with Crippen LogP contribution in [0.4, 0.5) is 10.5 Å². The molecule has 0 spiro atoms. The maximum absolute atomic E-state index is 12.7. The molecule has 2 aliphatic rings. The van der Waals surface area contributed by atoms with Gasteiger partial charge in [0.25, 0.3) is 11.8 Å². The highest BCUT2D eigenvalue weighted by molar-refractivity contribution is 7.10. The molecule has 1 aromatic heterocycles. The Kier molecular flexibility index (Phi) is 3.31. The third kappa shape index (κ3) is 2.33. The molecule has 3 heterocycles. The molecule has 0 bridgehead atoms. The van der Waals surface area contributed by atoms with Crippen LogP contribution in [0, 0.1) is 0 Å². The first-order valence-electron chi connectivity index (χ1n) is 6.98. The highest BCUT2D eigenvalue weighted by atomic mass is 32.1. The molecule has 0 aliphatic carbocycles. The van der Waals surface area contributed by atoms with Crippen molar-refractivity contribution in [2.45, 2.75) is 0 Å². The van der Waals surface area contributed by atoms with Gasteiger partial charge in [0.2, 0.25) is 6.79 Å². The molecule has 7 nitrogen and oxygen atoms in total. The van der Waals surface area contributed by atoms with Crippen molar-refractivity contribution in [2.75, 3.05) is 11.7 Å². The van der Waals surface area contributed by atoms with Crippen LogP contribution in [-0.2, 0) is 9.59 Å². The number of carbonyl (C=O) groups excluding carboxylic acids is 3. The van der Waals surface area contributed by atoms with Crippen molar-refractivity contribution < 1.29 is 23.9 Å². The molecule has 8 heteroatoms. The van der Waals surface area contributed by atoms with Crippen molar-refractivity contribution in [2.24, 2.45) is 0 Å². The van der Waals surface area contributed by atoms with Gasteiger partial charge in [-0.15, -0.1) is 11.3 Å². The van der Waals surface area contributed by atoms with Gasteiger partial charge in [-0.2, -0.15) is 0 Å². The Bertz CT molecular complexity index is 888. The van der Waals surface area contributed by atoms with Crippen molar-refractivity contribution in [3.8, 4) is 11.5 Å². The summed E-state index contributed by atoms with van der Waals surface area (Å²) in [5, 5.41) is 4.01. The van der Waals surface area contributed by atoms with Gasteiger partial charge in [0.05, 0.1) is 5.69 Å². The van der Waals surface area contributed by atoms with E-state index in [1.807, 2.05) is 11.4 Å². The molecule has 0 radical (unpaired) electrons. The summed E-state index contributed by atoms with van der Waals surface area (Å²) in [5.74, 6) is -0.422. The van der Waals surface area contributed by atoms with E-state index in [1.54, 1.807) is 18.2 Å². The molecule has 0 atom stereocenters. The van der Waals surface area contributed by atoms with Crippen LogP contribution in [0.1, 0.15) is 4.88 Å². The molecule has 0 unspecified atom stereocenters. The van der Waals surface area contributed by atoms with Crippen LogP contribution in [0.15, 0.2) is 41.3 Å². The van der Waals surface area contributed by atoms with Gasteiger partial charge >= 0.3 is 6.03 Å². The van der Waals surface area contributed by atoms with Gasteiger partial charge in [0.1, 0.15) is 5.57 Å². The van der Waals surface area contributed by atoms with Crippen molar-refractivity contribution in [1.29, 1.82) is 0 Å². The van der Waals surface area contributed by atoms with E-state index in [4.69, 9.17) is 9.47 Å². The molecule has 1 saturated heterocycles. The molecule has 120 valence electrons. The number of urea groups is 1. The Labute approximate surface area is 140 Å². The zero-order chi connectivity index (χ0) is 16.7. The fraction of sp³-hybridized carbons (Fsp3) is 0.0625. The minimum atomic E-state index is -0.799. The summed E-state index contributed by atoms with van der Waals surface area (Å²) in [5.41, 5.74) is 0.195. The second-order valence-corrected chi connectivity index (χ2v) is 5.99. The van der Waals surface area contributed by atoms with E-state index in [2.05, 4.69) is 5.32 Å². The number of hydrogen-bond donors (Lipinski definition) is 1. The number of carbonyl (C=O) groups is 3. The summed E-state index contributed by atoms with van der Waals surface area (Å²) >= 11 is 1.39. The first kappa shape index (κ1) is 14.5. The molecular weight excluding hydrogens is 332 g/mol. The summed E-state index contributed by atoms with van der Waals surface area (Å²) in [6.07, 6.45) is 1.47. The van der Waals surface area contributed by atoms with Gasteiger partial charge in [-0.05, 0) is 29.7 Å². The second-order valence-electron chi connectivity index (χ2n) is 5.01. The van der Waals surface area contributed by atoms with E-state index in [9.17, 15) is 14.4 Å². The van der Waals surface area contributed by atoms with Gasteiger partial charge in [0, 0.05) is 10.9 Å². The fourth-order valence-corrected chi connectivity index (χ4v) is 3.09. The van der Waals surface area contributed by atoms with E-state index in [0.29, 0.717) is 17.2 Å². The minimum absolute atomic E-state index is 0.0843. The van der Waals surface area contributed by atoms with Gasteiger partial charge in [-0.3, -0.25) is 14.9 Å². The van der Waals surface area contributed by atoms with Crippen LogP contribution in [0.2, 0.25) is 0 Å². The number of barbiturate groups is 1. The minimum Gasteiger partial charge on any atom is -0.454 e. The third-order valence-corrected chi connectivity index (χ3v) is 4.37. The number of imide groups is 2. The average molecular weight is 342 g/mol. The van der Waals surface area contributed by atoms with Crippen LogP contribution in [0.3, 0.4) is 0 Å². The van der Waals surface area contributed by atoms with Gasteiger partial charge < -0.3 is 9.47 Å². The SMILES string of the molecule is O=C1NC(=O)N(c2ccc3c(c2)OCO3)C(=O)/C1=C/c1cccs1. The molecule has 0 saturated carbocycles. The molecule has 4 amide bonds. The van der Waals surface area contributed by atoms with E-state index in [-0.39, 0.29) is 12.4 Å². The monoisotopic (exact) mass is 342 g/mol. The van der Waals surface area contributed by atoms with E-state index in [0.717, 1.165) is 9.78 Å². The second kappa shape index (κ2) is 5.50. The Hall–Kier alpha value is -3.13. The van der Waals surface area contributed by atoms with Crippen LogP contribution in [0.25, 0.3) is 6.08 Å². The van der Waals surface area contributed by atoms with E-state index >= 15 is 0 Å². The number of thiophene rings is 1. The molecule has 2 aliphatic heterocycles. The molecule has 1 N–H and O–H groups in total. The van der Waals surface area contributed by atoms with Crippen LogP contribution < -0.4 is 19.7 Å². The quantitative estimate of drug-likeness (QED) is 0.668. The van der Waals surface area contributed by atoms with Crippen LogP contribution in [0.5, 0.6) is 11.5 Å². The van der Waals surface area contributed by atoms with Crippen molar-refractivity contribution >= 4 is 40.9 Å². The van der Waals surface area contributed by atoms with Crippen molar-refractivity contribution in [3.05, 3.63) is 46.2 Å². The lowest BCUT2D eigenvalue weighted by atomic mass is 10.1. The summed E-state index contributed by atoms with van der Waals surface area (Å²) in [4.78, 5) is 38.5. The number of amides is 4. The number of ether oxygens (including phenoxy) is 2. The molecule has 24 heavy (non-hydrogen) atoms. The normalized spacial score (nSPS) is 18.2. The zero-order valence-electron chi connectivity index (χ0n) is 12.1. The predicted octanol–water partition coefficient (Wildman–Crippen LogP) is 2.14.